The van der Waals surface area contributed by atoms with Gasteiger partial charge in [-0.05, 0) is 65.9 Å². The number of halogens is 1. The van der Waals surface area contributed by atoms with Crippen LogP contribution in [0.25, 0.3) is 11.0 Å². The Hall–Kier alpha value is -3.69. The Labute approximate surface area is 225 Å². The minimum Gasteiger partial charge on any atom is -0.503 e. The molecule has 1 amide bonds. The molecule has 2 aromatic carbocycles. The Balaban J connectivity index is 1.51. The van der Waals surface area contributed by atoms with Crippen LogP contribution in [-0.2, 0) is 9.53 Å². The molecule has 2 aromatic heterocycles. The molecule has 0 aliphatic carbocycles. The number of benzene rings is 2. The number of amides is 1. The Kier molecular flexibility index (Phi) is 6.74. The molecule has 3 heterocycles. The van der Waals surface area contributed by atoms with Crippen LogP contribution in [0.5, 0.6) is 0 Å². The summed E-state index contributed by atoms with van der Waals surface area (Å²) in [5.74, 6) is -2.16. The Morgan fingerprint density at radius 2 is 1.89 bits per heavy atom. The lowest BCUT2D eigenvalue weighted by Gasteiger charge is -2.25. The zero-order valence-corrected chi connectivity index (χ0v) is 22.3. The monoisotopic (exact) mass is 579 g/mol. The van der Waals surface area contributed by atoms with Gasteiger partial charge in [0, 0.05) is 20.4 Å². The summed E-state index contributed by atoms with van der Waals surface area (Å²) in [7, 11) is 0. The van der Waals surface area contributed by atoms with Crippen molar-refractivity contribution >= 4 is 61.6 Å². The molecule has 1 aliphatic heterocycles. The largest absolute Gasteiger partial charge is 0.503 e. The number of carbonyl (C=O) groups excluding carboxylic acids is 3. The molecule has 0 saturated heterocycles. The van der Waals surface area contributed by atoms with Crippen LogP contribution in [0.15, 0.2) is 86.3 Å². The van der Waals surface area contributed by atoms with E-state index in [1.165, 1.54) is 16.2 Å². The van der Waals surface area contributed by atoms with Crippen molar-refractivity contribution in [3.63, 3.8) is 0 Å². The molecule has 5 rings (SSSR count). The van der Waals surface area contributed by atoms with Crippen LogP contribution in [0.3, 0.4) is 0 Å². The van der Waals surface area contributed by atoms with Crippen molar-refractivity contribution in [3.8, 4) is 0 Å². The second kappa shape index (κ2) is 9.99. The number of aliphatic hydroxyl groups is 1. The van der Waals surface area contributed by atoms with E-state index in [4.69, 9.17) is 9.15 Å². The van der Waals surface area contributed by atoms with Gasteiger partial charge in [0.25, 0.3) is 5.91 Å². The first-order valence-electron chi connectivity index (χ1n) is 11.6. The van der Waals surface area contributed by atoms with Gasteiger partial charge < -0.3 is 14.3 Å². The van der Waals surface area contributed by atoms with E-state index in [0.717, 1.165) is 4.47 Å². The predicted molar refractivity (Wildman–Crippen MR) is 144 cm³/mol. The Morgan fingerprint density at radius 1 is 1.14 bits per heavy atom. The first kappa shape index (κ1) is 25.0. The predicted octanol–water partition coefficient (Wildman–Crippen LogP) is 6.85. The van der Waals surface area contributed by atoms with Crippen LogP contribution in [0.2, 0.25) is 0 Å². The third-order valence-corrected chi connectivity index (χ3v) is 7.31. The van der Waals surface area contributed by atoms with Gasteiger partial charge in [-0.15, -0.1) is 11.3 Å². The quantitative estimate of drug-likeness (QED) is 0.190. The molecule has 1 aliphatic rings. The molecule has 0 fully saturated rings. The molecule has 7 nitrogen and oxygen atoms in total. The summed E-state index contributed by atoms with van der Waals surface area (Å²) in [6.07, 6.45) is 0. The minimum atomic E-state index is -0.862. The first-order valence-corrected chi connectivity index (χ1v) is 13.2. The van der Waals surface area contributed by atoms with E-state index in [0.29, 0.717) is 33.7 Å². The van der Waals surface area contributed by atoms with Gasteiger partial charge in [-0.25, -0.2) is 4.79 Å². The van der Waals surface area contributed by atoms with Crippen molar-refractivity contribution in [3.05, 3.63) is 98.0 Å². The fourth-order valence-corrected chi connectivity index (χ4v) is 5.36. The summed E-state index contributed by atoms with van der Waals surface area (Å²) < 4.78 is 11.9. The van der Waals surface area contributed by atoms with Gasteiger partial charge in [0.1, 0.15) is 11.6 Å². The molecule has 188 valence electrons. The molecule has 0 radical (unpaired) electrons. The molecule has 37 heavy (non-hydrogen) atoms. The smallest absolute Gasteiger partial charge is 0.338 e. The topological polar surface area (TPSA) is 97.0 Å². The SMILES string of the molecule is CC(C)COC(=O)c1ccc(N2C(=O)C(O)=C(C(=O)c3cc4cc(Br)ccc4o3)C2c2cccs2)cc1. The van der Waals surface area contributed by atoms with Gasteiger partial charge >= 0.3 is 5.97 Å². The van der Waals surface area contributed by atoms with Crippen LogP contribution in [0.4, 0.5) is 5.69 Å². The summed E-state index contributed by atoms with van der Waals surface area (Å²) in [5, 5.41) is 13.5. The van der Waals surface area contributed by atoms with Crippen molar-refractivity contribution in [2.24, 2.45) is 5.92 Å². The van der Waals surface area contributed by atoms with E-state index in [1.54, 1.807) is 48.5 Å². The zero-order valence-electron chi connectivity index (χ0n) is 19.9. The van der Waals surface area contributed by atoms with Gasteiger partial charge in [-0.1, -0.05) is 35.8 Å². The van der Waals surface area contributed by atoms with Gasteiger partial charge in [-0.2, -0.15) is 0 Å². The number of rotatable bonds is 7. The van der Waals surface area contributed by atoms with E-state index in [-0.39, 0.29) is 17.3 Å². The van der Waals surface area contributed by atoms with Crippen LogP contribution in [0.1, 0.15) is 45.7 Å². The molecule has 0 bridgehead atoms. The second-order valence-electron chi connectivity index (χ2n) is 9.02. The number of esters is 1. The highest BCUT2D eigenvalue weighted by Gasteiger charge is 2.45. The van der Waals surface area contributed by atoms with Crippen LogP contribution in [0, 0.1) is 5.92 Å². The summed E-state index contributed by atoms with van der Waals surface area (Å²) in [6, 6.07) is 16.0. The molecule has 0 saturated carbocycles. The van der Waals surface area contributed by atoms with E-state index in [9.17, 15) is 19.5 Å². The molecule has 1 unspecified atom stereocenters. The number of hydrogen-bond acceptors (Lipinski definition) is 7. The van der Waals surface area contributed by atoms with Gasteiger partial charge in [-0.3, -0.25) is 14.5 Å². The molecule has 1 atom stereocenters. The lowest BCUT2D eigenvalue weighted by atomic mass is 10.00. The number of Topliss-reactive ketones (excluding diaryl/α,β-unsaturated/α-hetero) is 1. The molecular formula is C28H22BrNO6S. The average molecular weight is 580 g/mol. The van der Waals surface area contributed by atoms with E-state index in [2.05, 4.69) is 15.9 Å². The highest BCUT2D eigenvalue weighted by molar-refractivity contribution is 9.10. The number of ketones is 1. The Morgan fingerprint density at radius 3 is 2.57 bits per heavy atom. The summed E-state index contributed by atoms with van der Waals surface area (Å²) in [6.45, 7) is 4.19. The number of nitrogens with zero attached hydrogens (tertiary/aromatic N) is 1. The third-order valence-electron chi connectivity index (χ3n) is 5.90. The zero-order chi connectivity index (χ0) is 26.3. The maximum atomic E-state index is 13.7. The molecule has 1 N–H and O–H groups in total. The molecule has 9 heteroatoms. The molecule has 4 aromatic rings. The van der Waals surface area contributed by atoms with Crippen molar-refractivity contribution in [2.45, 2.75) is 19.9 Å². The lowest BCUT2D eigenvalue weighted by molar-refractivity contribution is -0.117. The number of carbonyl (C=O) groups is 3. The highest BCUT2D eigenvalue weighted by Crippen LogP contribution is 2.43. The number of anilines is 1. The standard InChI is InChI=1S/C28H22BrNO6S/c1-15(2)14-35-28(34)16-5-8-19(9-6-16)30-24(22-4-3-11-37-22)23(26(32)27(30)33)25(31)21-13-17-12-18(29)7-10-20(17)36-21/h3-13,15,24,32H,14H2,1-2H3. The highest BCUT2D eigenvalue weighted by atomic mass is 79.9. The van der Waals surface area contributed by atoms with E-state index < -0.39 is 29.5 Å². The van der Waals surface area contributed by atoms with Crippen molar-refractivity contribution in [2.75, 3.05) is 11.5 Å². The maximum absolute atomic E-state index is 13.7. The van der Waals surface area contributed by atoms with Crippen LogP contribution < -0.4 is 4.90 Å². The number of furan rings is 1. The first-order chi connectivity index (χ1) is 17.7. The number of hydrogen-bond donors (Lipinski definition) is 1. The summed E-state index contributed by atoms with van der Waals surface area (Å²) in [5.41, 5.74) is 1.21. The third kappa shape index (κ3) is 4.72. The fraction of sp³-hybridized carbons (Fsp3) is 0.179. The van der Waals surface area contributed by atoms with Crippen LogP contribution >= 0.6 is 27.3 Å². The van der Waals surface area contributed by atoms with Crippen LogP contribution in [-0.4, -0.2) is 29.4 Å². The van der Waals surface area contributed by atoms with Gasteiger partial charge in [0.2, 0.25) is 5.78 Å². The minimum absolute atomic E-state index is 0.0223. The average Bonchev–Trinajstić information content (AvgIpc) is 3.61. The molecular weight excluding hydrogens is 558 g/mol. The number of fused-ring (bicyclic) bond motifs is 1. The Bertz CT molecular complexity index is 1530. The van der Waals surface area contributed by atoms with Crippen molar-refractivity contribution in [1.82, 2.24) is 0 Å². The lowest BCUT2D eigenvalue weighted by Crippen LogP contribution is -2.30. The van der Waals surface area contributed by atoms with E-state index in [1.807, 2.05) is 31.4 Å². The maximum Gasteiger partial charge on any atom is 0.338 e. The van der Waals surface area contributed by atoms with Gasteiger partial charge in [0.05, 0.1) is 17.7 Å². The van der Waals surface area contributed by atoms with E-state index >= 15 is 0 Å². The summed E-state index contributed by atoms with van der Waals surface area (Å²) >= 11 is 4.77. The van der Waals surface area contributed by atoms with Crippen molar-refractivity contribution < 1.29 is 28.6 Å². The number of aliphatic hydroxyl groups excluding tert-OH is 1. The molecule has 0 spiro atoms. The number of thiophene rings is 1. The normalized spacial score (nSPS) is 15.7. The van der Waals surface area contributed by atoms with Crippen molar-refractivity contribution in [1.29, 1.82) is 0 Å². The number of ether oxygens (including phenoxy) is 1. The fourth-order valence-electron chi connectivity index (χ4n) is 4.16. The second-order valence-corrected chi connectivity index (χ2v) is 10.9. The summed E-state index contributed by atoms with van der Waals surface area (Å²) in [4.78, 5) is 41.4. The van der Waals surface area contributed by atoms with Gasteiger partial charge in [0.15, 0.2) is 11.5 Å².